The summed E-state index contributed by atoms with van der Waals surface area (Å²) in [5, 5.41) is 14.4. The summed E-state index contributed by atoms with van der Waals surface area (Å²) in [6, 6.07) is 3.59. The van der Waals surface area contributed by atoms with Gasteiger partial charge in [-0.2, -0.15) is 5.10 Å². The molecular weight excluding hydrogens is 501 g/mol. The van der Waals surface area contributed by atoms with E-state index in [1.54, 1.807) is 34.2 Å². The number of amides is 1. The summed E-state index contributed by atoms with van der Waals surface area (Å²) in [4.78, 5) is 25.4. The third-order valence-corrected chi connectivity index (χ3v) is 4.51. The maximum atomic E-state index is 12.7. The van der Waals surface area contributed by atoms with Crippen LogP contribution in [0.4, 0.5) is 5.69 Å². The van der Waals surface area contributed by atoms with Crippen molar-refractivity contribution >= 4 is 41.5 Å². The molecule has 2 N–H and O–H groups in total. The lowest BCUT2D eigenvalue weighted by Gasteiger charge is -2.35. The first-order valence-corrected chi connectivity index (χ1v) is 9.41. The number of carbonyl (C=O) groups is 1. The summed E-state index contributed by atoms with van der Waals surface area (Å²) in [6.07, 6.45) is 5.12. The molecule has 30 heavy (non-hydrogen) atoms. The molecule has 0 unspecified atom stereocenters. The van der Waals surface area contributed by atoms with Gasteiger partial charge in [0.2, 0.25) is 11.7 Å². The van der Waals surface area contributed by atoms with Crippen molar-refractivity contribution in [1.82, 2.24) is 35.2 Å². The van der Waals surface area contributed by atoms with E-state index in [9.17, 15) is 4.79 Å². The van der Waals surface area contributed by atoms with Crippen molar-refractivity contribution in [3.8, 4) is 11.6 Å². The number of carbonyl (C=O) groups excluding carboxylic acids is 1. The Balaban J connectivity index is 0.00000256. The van der Waals surface area contributed by atoms with E-state index in [1.165, 1.54) is 0 Å². The molecule has 0 bridgehead atoms. The number of nitrogens with zero attached hydrogens (tertiary/aromatic N) is 7. The molecule has 0 spiro atoms. The van der Waals surface area contributed by atoms with Gasteiger partial charge in [-0.3, -0.25) is 14.6 Å². The number of aromatic nitrogens is 5. The van der Waals surface area contributed by atoms with E-state index < -0.39 is 0 Å². The number of aliphatic imine (C=N–C) groups is 1. The van der Waals surface area contributed by atoms with Crippen molar-refractivity contribution in [2.45, 2.75) is 13.5 Å². The van der Waals surface area contributed by atoms with Crippen LogP contribution >= 0.6 is 24.0 Å². The summed E-state index contributed by atoms with van der Waals surface area (Å²) < 4.78 is 6.99. The Bertz CT molecular complexity index is 995. The predicted octanol–water partition coefficient (Wildman–Crippen LogP) is 1.23. The molecule has 4 rings (SSSR count). The third kappa shape index (κ3) is 4.80. The van der Waals surface area contributed by atoms with E-state index in [2.05, 4.69) is 30.6 Å². The minimum Gasteiger partial charge on any atom is -0.461 e. The first-order chi connectivity index (χ1) is 14.1. The zero-order chi connectivity index (χ0) is 20.2. The van der Waals surface area contributed by atoms with Gasteiger partial charge >= 0.3 is 0 Å². The first kappa shape index (κ1) is 21.8. The quantitative estimate of drug-likeness (QED) is 0.292. The van der Waals surface area contributed by atoms with Crippen molar-refractivity contribution in [2.75, 3.05) is 31.1 Å². The SMILES string of the molecule is CCNC(=NCc1nc(-c2ccco2)n[nH]1)N1CCN(c2cnn(C)c2)C(=O)C1.I. The summed E-state index contributed by atoms with van der Waals surface area (Å²) in [6.45, 7) is 4.48. The molecule has 12 heteroatoms. The van der Waals surface area contributed by atoms with E-state index in [4.69, 9.17) is 4.42 Å². The van der Waals surface area contributed by atoms with Gasteiger partial charge < -0.3 is 19.5 Å². The van der Waals surface area contributed by atoms with E-state index in [-0.39, 0.29) is 36.4 Å². The number of aryl methyl sites for hydroxylation is 1. The molecule has 11 nitrogen and oxygen atoms in total. The zero-order valence-electron chi connectivity index (χ0n) is 16.8. The molecule has 0 saturated carbocycles. The number of piperazine rings is 1. The first-order valence-electron chi connectivity index (χ1n) is 9.41. The number of nitrogens with one attached hydrogen (secondary N) is 2. The molecule has 1 saturated heterocycles. The summed E-state index contributed by atoms with van der Waals surface area (Å²) in [5.74, 6) is 2.38. The molecule has 0 atom stereocenters. The second kappa shape index (κ2) is 9.73. The van der Waals surface area contributed by atoms with Gasteiger partial charge in [0.15, 0.2) is 11.7 Å². The van der Waals surface area contributed by atoms with Crippen molar-refractivity contribution in [1.29, 1.82) is 0 Å². The van der Waals surface area contributed by atoms with Crippen LogP contribution in [0.2, 0.25) is 0 Å². The van der Waals surface area contributed by atoms with E-state index in [1.807, 2.05) is 25.1 Å². The van der Waals surface area contributed by atoms with E-state index >= 15 is 0 Å². The Morgan fingerprint density at radius 1 is 1.40 bits per heavy atom. The minimum atomic E-state index is 0. The molecule has 0 aliphatic carbocycles. The molecule has 3 aromatic heterocycles. The standard InChI is InChI=1S/C18H23N9O2.HI/c1-3-19-18(20-10-15-22-17(24-23-15)14-5-4-8-29-14)26-6-7-27(16(28)12-26)13-9-21-25(2)11-13;/h4-5,8-9,11H,3,6-7,10,12H2,1-2H3,(H,19,20)(H,22,23,24);1H. The molecule has 1 aliphatic heterocycles. The van der Waals surface area contributed by atoms with Crippen LogP contribution in [0.5, 0.6) is 0 Å². The number of halogens is 1. The number of furan rings is 1. The van der Waals surface area contributed by atoms with Gasteiger partial charge in [-0.1, -0.05) is 0 Å². The van der Waals surface area contributed by atoms with Crippen molar-refractivity contribution in [3.05, 3.63) is 36.6 Å². The van der Waals surface area contributed by atoms with Gasteiger partial charge in [-0.15, -0.1) is 29.1 Å². The Labute approximate surface area is 190 Å². The summed E-state index contributed by atoms with van der Waals surface area (Å²) in [7, 11) is 1.83. The van der Waals surface area contributed by atoms with Crippen LogP contribution < -0.4 is 10.2 Å². The molecule has 1 fully saturated rings. The fourth-order valence-corrected chi connectivity index (χ4v) is 3.13. The van der Waals surface area contributed by atoms with E-state index in [0.717, 1.165) is 5.69 Å². The molecule has 3 aromatic rings. The van der Waals surface area contributed by atoms with Gasteiger partial charge in [-0.25, -0.2) is 9.98 Å². The second-order valence-corrected chi connectivity index (χ2v) is 6.59. The lowest BCUT2D eigenvalue weighted by atomic mass is 10.3. The fourth-order valence-electron chi connectivity index (χ4n) is 3.13. The van der Waals surface area contributed by atoms with Crippen molar-refractivity contribution in [2.24, 2.45) is 12.0 Å². The lowest BCUT2D eigenvalue weighted by Crippen LogP contribution is -2.55. The van der Waals surface area contributed by atoms with Gasteiger partial charge in [0.1, 0.15) is 18.9 Å². The van der Waals surface area contributed by atoms with Crippen LogP contribution in [-0.4, -0.2) is 67.9 Å². The number of H-pyrrole nitrogens is 1. The highest BCUT2D eigenvalue weighted by Gasteiger charge is 2.27. The summed E-state index contributed by atoms with van der Waals surface area (Å²) in [5.41, 5.74) is 0.811. The lowest BCUT2D eigenvalue weighted by molar-refractivity contribution is -0.120. The van der Waals surface area contributed by atoms with Crippen molar-refractivity contribution in [3.63, 3.8) is 0 Å². The van der Waals surface area contributed by atoms with Crippen LogP contribution in [0.3, 0.4) is 0 Å². The Morgan fingerprint density at radius 2 is 2.27 bits per heavy atom. The van der Waals surface area contributed by atoms with Crippen LogP contribution in [0.15, 0.2) is 40.2 Å². The minimum absolute atomic E-state index is 0. The average Bonchev–Trinajstić information content (AvgIpc) is 3.46. The van der Waals surface area contributed by atoms with Gasteiger partial charge in [0.25, 0.3) is 0 Å². The smallest absolute Gasteiger partial charge is 0.246 e. The number of guanidine groups is 1. The number of hydrogen-bond donors (Lipinski definition) is 2. The average molecular weight is 525 g/mol. The number of aromatic amines is 1. The topological polar surface area (TPSA) is 120 Å². The largest absolute Gasteiger partial charge is 0.461 e. The van der Waals surface area contributed by atoms with Gasteiger partial charge in [0.05, 0.1) is 18.1 Å². The Kier molecular flexibility index (Phi) is 7.07. The maximum absolute atomic E-state index is 12.7. The second-order valence-electron chi connectivity index (χ2n) is 6.59. The molecule has 1 aliphatic rings. The van der Waals surface area contributed by atoms with Crippen molar-refractivity contribution < 1.29 is 9.21 Å². The number of rotatable bonds is 5. The molecular formula is C18H24IN9O2. The molecule has 0 radical (unpaired) electrons. The monoisotopic (exact) mass is 525 g/mol. The molecule has 160 valence electrons. The Hall–Kier alpha value is -2.90. The maximum Gasteiger partial charge on any atom is 0.246 e. The molecule has 1 amide bonds. The highest BCUT2D eigenvalue weighted by molar-refractivity contribution is 14.0. The fraction of sp³-hybridized carbons (Fsp3) is 0.389. The predicted molar refractivity (Wildman–Crippen MR) is 121 cm³/mol. The normalized spacial score (nSPS) is 14.7. The number of hydrogen-bond acceptors (Lipinski definition) is 6. The summed E-state index contributed by atoms with van der Waals surface area (Å²) >= 11 is 0. The third-order valence-electron chi connectivity index (χ3n) is 4.51. The molecule has 4 heterocycles. The van der Waals surface area contributed by atoms with Gasteiger partial charge in [-0.05, 0) is 19.1 Å². The highest BCUT2D eigenvalue weighted by Crippen LogP contribution is 2.17. The Morgan fingerprint density at radius 3 is 2.93 bits per heavy atom. The number of anilines is 1. The van der Waals surface area contributed by atoms with Crippen LogP contribution in [-0.2, 0) is 18.4 Å². The van der Waals surface area contributed by atoms with Gasteiger partial charge in [0, 0.05) is 32.9 Å². The highest BCUT2D eigenvalue weighted by atomic mass is 127. The van der Waals surface area contributed by atoms with Crippen LogP contribution in [0.1, 0.15) is 12.7 Å². The van der Waals surface area contributed by atoms with Crippen LogP contribution in [0.25, 0.3) is 11.6 Å². The zero-order valence-corrected chi connectivity index (χ0v) is 19.1. The van der Waals surface area contributed by atoms with E-state index in [0.29, 0.717) is 49.5 Å². The van der Waals surface area contributed by atoms with Crippen LogP contribution in [0, 0.1) is 0 Å². The molecule has 0 aromatic carbocycles.